The van der Waals surface area contributed by atoms with Crippen LogP contribution in [0, 0.1) is 9.62 Å². The zero-order chi connectivity index (χ0) is 10.1. The summed E-state index contributed by atoms with van der Waals surface area (Å²) < 4.78 is 7.81. The van der Waals surface area contributed by atoms with E-state index in [2.05, 4.69) is 27.7 Å². The van der Waals surface area contributed by atoms with Gasteiger partial charge in [0, 0.05) is 19.6 Å². The van der Waals surface area contributed by atoms with Gasteiger partial charge in [-0.2, -0.15) is 5.10 Å². The highest BCUT2D eigenvalue weighted by Crippen LogP contribution is 2.21. The van der Waals surface area contributed by atoms with Crippen LogP contribution in [-0.2, 0) is 11.8 Å². The van der Waals surface area contributed by atoms with Crippen LogP contribution in [0.25, 0.3) is 0 Å². The Hall–Kier alpha value is -0.430. The molecule has 0 N–H and O–H groups in total. The van der Waals surface area contributed by atoms with Crippen molar-refractivity contribution in [2.75, 3.05) is 13.2 Å². The Balaban J connectivity index is 2.22. The molecule has 76 valence electrons. The number of ether oxygens (including phenoxy) is 1. The third-order valence-corrected chi connectivity index (χ3v) is 3.71. The summed E-state index contributed by atoms with van der Waals surface area (Å²) in [6.45, 7) is 1.26. The maximum Gasteiger partial charge on any atom is 0.172 e. The Morgan fingerprint density at radius 3 is 3.07 bits per heavy atom. The molecule has 1 atom stereocenters. The Labute approximate surface area is 95.8 Å². The fraction of sp³-hybridized carbons (Fsp3) is 0.556. The van der Waals surface area contributed by atoms with Gasteiger partial charge in [-0.05, 0) is 29.0 Å². The Bertz CT molecular complexity index is 356. The molecule has 0 saturated carbocycles. The summed E-state index contributed by atoms with van der Waals surface area (Å²) in [5.41, 5.74) is 0.726. The normalized spacial score (nSPS) is 21.4. The molecule has 0 aliphatic carbocycles. The quantitative estimate of drug-likeness (QED) is 0.610. The van der Waals surface area contributed by atoms with E-state index in [1.165, 1.54) is 0 Å². The summed E-state index contributed by atoms with van der Waals surface area (Å²) in [5, 5.41) is 4.06. The molecule has 2 heterocycles. The van der Waals surface area contributed by atoms with Gasteiger partial charge in [0.05, 0.1) is 18.4 Å². The van der Waals surface area contributed by atoms with Crippen LogP contribution in [-0.4, -0.2) is 28.8 Å². The Kier molecular flexibility index (Phi) is 2.87. The highest BCUT2D eigenvalue weighted by atomic mass is 127. The first-order chi connectivity index (χ1) is 6.70. The summed E-state index contributed by atoms with van der Waals surface area (Å²) in [5.74, 6) is 0.202. The standard InChI is InChI=1S/C9H11IN2O2/c1-12-9(10)7(4-11-12)8(13)6-2-3-14-5-6/h4,6H,2-3,5H2,1H3. The second-order valence-corrected chi connectivity index (χ2v) is 4.42. The number of aromatic nitrogens is 2. The summed E-state index contributed by atoms with van der Waals surface area (Å²) in [4.78, 5) is 11.9. The van der Waals surface area contributed by atoms with Crippen molar-refractivity contribution in [2.24, 2.45) is 13.0 Å². The molecule has 1 aliphatic rings. The summed E-state index contributed by atoms with van der Waals surface area (Å²) in [7, 11) is 1.84. The van der Waals surface area contributed by atoms with Crippen LogP contribution >= 0.6 is 22.6 Å². The average Bonchev–Trinajstić information content (AvgIpc) is 2.77. The largest absolute Gasteiger partial charge is 0.381 e. The van der Waals surface area contributed by atoms with Gasteiger partial charge in [-0.1, -0.05) is 0 Å². The Morgan fingerprint density at radius 2 is 2.57 bits per heavy atom. The van der Waals surface area contributed by atoms with Gasteiger partial charge in [0.1, 0.15) is 3.70 Å². The van der Waals surface area contributed by atoms with Crippen molar-refractivity contribution in [3.05, 3.63) is 15.5 Å². The average molecular weight is 306 g/mol. The number of ketones is 1. The molecule has 1 aliphatic heterocycles. The van der Waals surface area contributed by atoms with Crippen LogP contribution < -0.4 is 0 Å². The first-order valence-corrected chi connectivity index (χ1v) is 5.57. The molecule has 0 aromatic carbocycles. The molecule has 0 bridgehead atoms. The van der Waals surface area contributed by atoms with Gasteiger partial charge in [0.2, 0.25) is 0 Å². The monoisotopic (exact) mass is 306 g/mol. The molecule has 1 unspecified atom stereocenters. The first-order valence-electron chi connectivity index (χ1n) is 4.49. The van der Waals surface area contributed by atoms with Crippen LogP contribution in [0.15, 0.2) is 6.20 Å². The lowest BCUT2D eigenvalue weighted by molar-refractivity contribution is 0.0899. The van der Waals surface area contributed by atoms with Gasteiger partial charge in [-0.25, -0.2) is 0 Å². The number of halogens is 1. The van der Waals surface area contributed by atoms with Gasteiger partial charge in [-0.3, -0.25) is 9.48 Å². The van der Waals surface area contributed by atoms with Gasteiger partial charge in [0.25, 0.3) is 0 Å². The summed E-state index contributed by atoms with van der Waals surface area (Å²) >= 11 is 2.14. The van der Waals surface area contributed by atoms with Crippen LogP contribution in [0.5, 0.6) is 0 Å². The highest BCUT2D eigenvalue weighted by molar-refractivity contribution is 14.1. The second kappa shape index (κ2) is 3.98. The third kappa shape index (κ3) is 1.70. The Morgan fingerprint density at radius 1 is 1.79 bits per heavy atom. The van der Waals surface area contributed by atoms with E-state index in [1.54, 1.807) is 10.9 Å². The number of carbonyl (C=O) groups is 1. The summed E-state index contributed by atoms with van der Waals surface area (Å²) in [6, 6.07) is 0. The van der Waals surface area contributed by atoms with Crippen LogP contribution in [0.4, 0.5) is 0 Å². The van der Waals surface area contributed by atoms with E-state index in [0.717, 1.165) is 15.7 Å². The molecule has 2 rings (SSSR count). The van der Waals surface area contributed by atoms with E-state index in [0.29, 0.717) is 13.2 Å². The van der Waals surface area contributed by atoms with Crippen molar-refractivity contribution in [1.29, 1.82) is 0 Å². The van der Waals surface area contributed by atoms with Crippen molar-refractivity contribution in [3.63, 3.8) is 0 Å². The minimum absolute atomic E-state index is 0.0349. The number of Topliss-reactive ketones (excluding diaryl/α,β-unsaturated/α-hetero) is 1. The fourth-order valence-electron chi connectivity index (χ4n) is 1.55. The van der Waals surface area contributed by atoms with E-state index in [9.17, 15) is 4.79 Å². The number of aryl methyl sites for hydroxylation is 1. The molecule has 14 heavy (non-hydrogen) atoms. The molecule has 1 aromatic heterocycles. The zero-order valence-electron chi connectivity index (χ0n) is 7.86. The minimum Gasteiger partial charge on any atom is -0.381 e. The molecule has 1 saturated heterocycles. The van der Waals surface area contributed by atoms with Crippen LogP contribution in [0.1, 0.15) is 16.8 Å². The maximum atomic E-state index is 11.9. The van der Waals surface area contributed by atoms with Crippen LogP contribution in [0.3, 0.4) is 0 Å². The topological polar surface area (TPSA) is 44.1 Å². The molecule has 1 aromatic rings. The predicted octanol–water partition coefficient (Wildman–Crippen LogP) is 1.24. The number of hydrogen-bond donors (Lipinski definition) is 0. The second-order valence-electron chi connectivity index (χ2n) is 3.40. The van der Waals surface area contributed by atoms with E-state index < -0.39 is 0 Å². The molecule has 1 fully saturated rings. The number of nitrogens with zero attached hydrogens (tertiary/aromatic N) is 2. The predicted molar refractivity (Wildman–Crippen MR) is 59.2 cm³/mol. The molecule has 0 spiro atoms. The van der Waals surface area contributed by atoms with Crippen molar-refractivity contribution < 1.29 is 9.53 Å². The number of rotatable bonds is 2. The smallest absolute Gasteiger partial charge is 0.172 e. The zero-order valence-corrected chi connectivity index (χ0v) is 10.0. The van der Waals surface area contributed by atoms with Gasteiger partial charge < -0.3 is 4.74 Å². The molecular weight excluding hydrogens is 295 g/mol. The lowest BCUT2D eigenvalue weighted by atomic mass is 10.00. The molecule has 4 nitrogen and oxygen atoms in total. The van der Waals surface area contributed by atoms with E-state index in [4.69, 9.17) is 4.74 Å². The van der Waals surface area contributed by atoms with Crippen LogP contribution in [0.2, 0.25) is 0 Å². The maximum absolute atomic E-state index is 11.9. The number of carbonyl (C=O) groups excluding carboxylic acids is 1. The van der Waals surface area contributed by atoms with Gasteiger partial charge >= 0.3 is 0 Å². The van der Waals surface area contributed by atoms with Crippen molar-refractivity contribution in [3.8, 4) is 0 Å². The summed E-state index contributed by atoms with van der Waals surface area (Å²) in [6.07, 6.45) is 2.48. The molecule has 0 amide bonds. The SMILES string of the molecule is Cn1ncc(C(=O)C2CCOC2)c1I. The lowest BCUT2D eigenvalue weighted by Gasteiger charge is -2.04. The molecular formula is C9H11IN2O2. The van der Waals surface area contributed by atoms with E-state index in [-0.39, 0.29) is 11.7 Å². The third-order valence-electron chi connectivity index (χ3n) is 2.43. The molecule has 0 radical (unpaired) electrons. The van der Waals surface area contributed by atoms with Crippen molar-refractivity contribution in [2.45, 2.75) is 6.42 Å². The fourth-order valence-corrected chi connectivity index (χ4v) is 2.08. The van der Waals surface area contributed by atoms with Gasteiger partial charge in [-0.15, -0.1) is 0 Å². The molecule has 5 heteroatoms. The lowest BCUT2D eigenvalue weighted by Crippen LogP contribution is -2.15. The highest BCUT2D eigenvalue weighted by Gasteiger charge is 2.27. The number of hydrogen-bond acceptors (Lipinski definition) is 3. The van der Waals surface area contributed by atoms with E-state index >= 15 is 0 Å². The van der Waals surface area contributed by atoms with Crippen molar-refractivity contribution >= 4 is 28.4 Å². The minimum atomic E-state index is 0.0349. The van der Waals surface area contributed by atoms with E-state index in [1.807, 2.05) is 7.05 Å². The van der Waals surface area contributed by atoms with Crippen molar-refractivity contribution in [1.82, 2.24) is 9.78 Å². The first kappa shape index (κ1) is 10.1. The van der Waals surface area contributed by atoms with Gasteiger partial charge in [0.15, 0.2) is 5.78 Å².